The monoisotopic (exact) mass is 298 g/mol. The average Bonchev–Trinajstić information content (AvgIpc) is 2.73. The Morgan fingerprint density at radius 3 is 2.45 bits per heavy atom. The van der Waals surface area contributed by atoms with E-state index in [2.05, 4.69) is 0 Å². The molecule has 0 saturated carbocycles. The van der Waals surface area contributed by atoms with Gasteiger partial charge in [-0.25, -0.2) is 4.79 Å². The minimum absolute atomic E-state index is 0.129. The molecule has 0 aromatic rings. The summed E-state index contributed by atoms with van der Waals surface area (Å²) in [7, 11) is 0. The number of carboxylic acids is 1. The lowest BCUT2D eigenvalue weighted by Gasteiger charge is -2.27. The quantitative estimate of drug-likeness (QED) is 0.803. The van der Waals surface area contributed by atoms with Gasteiger partial charge in [0, 0.05) is 19.0 Å². The Bertz CT molecular complexity index is 373. The van der Waals surface area contributed by atoms with Crippen LogP contribution < -0.4 is 0 Å². The van der Waals surface area contributed by atoms with Crippen LogP contribution >= 0.6 is 0 Å². The summed E-state index contributed by atoms with van der Waals surface area (Å²) in [4.78, 5) is 23.9. The van der Waals surface area contributed by atoms with Gasteiger partial charge in [-0.15, -0.1) is 0 Å². The number of likely N-dealkylation sites (tertiary alicyclic amines) is 1. The first-order chi connectivity index (χ1) is 9.10. The van der Waals surface area contributed by atoms with Crippen LogP contribution in [-0.2, 0) is 4.79 Å². The fraction of sp³-hybridized carbons (Fsp3) is 0.818. The molecule has 9 heteroatoms. The van der Waals surface area contributed by atoms with Crippen LogP contribution in [0, 0.1) is 5.92 Å². The molecule has 0 aromatic carbocycles. The summed E-state index contributed by atoms with van der Waals surface area (Å²) in [5, 5.41) is 18.0. The van der Waals surface area contributed by atoms with E-state index in [1.807, 2.05) is 0 Å². The van der Waals surface area contributed by atoms with Crippen LogP contribution in [0.15, 0.2) is 0 Å². The zero-order valence-electron chi connectivity index (χ0n) is 10.9. The van der Waals surface area contributed by atoms with E-state index < -0.39 is 37.4 Å². The molecule has 1 aliphatic heterocycles. The van der Waals surface area contributed by atoms with E-state index in [1.165, 1.54) is 0 Å². The predicted molar refractivity (Wildman–Crippen MR) is 62.0 cm³/mol. The molecule has 0 bridgehead atoms. The summed E-state index contributed by atoms with van der Waals surface area (Å²) in [6.45, 7) is -0.724. The molecule has 2 unspecified atom stereocenters. The number of aliphatic hydroxyl groups is 1. The van der Waals surface area contributed by atoms with Crippen LogP contribution in [0.5, 0.6) is 0 Å². The van der Waals surface area contributed by atoms with Crippen LogP contribution in [0.2, 0.25) is 0 Å². The maximum atomic E-state index is 12.4. The number of hydrogen-bond acceptors (Lipinski definition) is 3. The maximum absolute atomic E-state index is 12.4. The molecule has 1 aliphatic rings. The highest BCUT2D eigenvalue weighted by atomic mass is 19.4. The maximum Gasteiger partial charge on any atom is 0.406 e. The number of amides is 2. The zero-order valence-corrected chi connectivity index (χ0v) is 10.9. The fourth-order valence-corrected chi connectivity index (χ4v) is 2.13. The number of urea groups is 1. The summed E-state index contributed by atoms with van der Waals surface area (Å²) in [5.41, 5.74) is 0. The number of carbonyl (C=O) groups excluding carboxylic acids is 1. The number of alkyl halides is 3. The van der Waals surface area contributed by atoms with E-state index in [1.54, 1.807) is 6.92 Å². The van der Waals surface area contributed by atoms with Gasteiger partial charge in [0.25, 0.3) is 0 Å². The molecule has 0 radical (unpaired) electrons. The number of carboxylic acid groups (broad SMARTS) is 1. The molecule has 2 atom stereocenters. The number of rotatable bonds is 4. The first-order valence-corrected chi connectivity index (χ1v) is 6.10. The second kappa shape index (κ2) is 6.29. The number of aliphatic hydroxyl groups excluding tert-OH is 1. The molecular weight excluding hydrogens is 281 g/mol. The van der Waals surface area contributed by atoms with Crippen LogP contribution in [0.4, 0.5) is 18.0 Å². The van der Waals surface area contributed by atoms with Crippen LogP contribution in [0.25, 0.3) is 0 Å². The van der Waals surface area contributed by atoms with Crippen molar-refractivity contribution in [2.45, 2.75) is 25.6 Å². The minimum atomic E-state index is -4.66. The van der Waals surface area contributed by atoms with Crippen molar-refractivity contribution >= 4 is 12.0 Å². The van der Waals surface area contributed by atoms with Gasteiger partial charge in [-0.2, -0.15) is 13.2 Å². The molecular formula is C11H17F3N2O4. The van der Waals surface area contributed by atoms with Crippen molar-refractivity contribution in [1.29, 1.82) is 0 Å². The molecule has 20 heavy (non-hydrogen) atoms. The molecule has 0 aliphatic carbocycles. The predicted octanol–water partition coefficient (Wildman–Crippen LogP) is 0.758. The van der Waals surface area contributed by atoms with Crippen molar-refractivity contribution in [3.8, 4) is 0 Å². The van der Waals surface area contributed by atoms with Gasteiger partial charge in [0.1, 0.15) is 13.1 Å². The van der Waals surface area contributed by atoms with E-state index in [0.717, 1.165) is 4.90 Å². The Kier molecular flexibility index (Phi) is 5.21. The Morgan fingerprint density at radius 1 is 1.45 bits per heavy atom. The molecule has 2 N–H and O–H groups in total. The Labute approximate surface area is 113 Å². The number of carbonyl (C=O) groups is 2. The summed E-state index contributed by atoms with van der Waals surface area (Å²) in [5.74, 6) is -1.70. The summed E-state index contributed by atoms with van der Waals surface area (Å²) in [6.07, 6.45) is -4.84. The Balaban J connectivity index is 2.71. The van der Waals surface area contributed by atoms with E-state index in [-0.39, 0.29) is 23.9 Å². The third kappa shape index (κ3) is 4.87. The van der Waals surface area contributed by atoms with E-state index in [0.29, 0.717) is 6.42 Å². The second-order valence-corrected chi connectivity index (χ2v) is 4.88. The lowest BCUT2D eigenvalue weighted by atomic mass is 10.0. The van der Waals surface area contributed by atoms with Gasteiger partial charge in [-0.05, 0) is 13.3 Å². The highest BCUT2D eigenvalue weighted by Gasteiger charge is 2.38. The number of hydrogen-bond donors (Lipinski definition) is 2. The first-order valence-electron chi connectivity index (χ1n) is 6.10. The number of aliphatic carboxylic acids is 1. The number of nitrogens with zero attached hydrogens (tertiary/aromatic N) is 2. The highest BCUT2D eigenvalue weighted by molar-refractivity contribution is 5.80. The molecule has 1 fully saturated rings. The Hall–Kier alpha value is -1.51. The zero-order chi connectivity index (χ0) is 15.5. The van der Waals surface area contributed by atoms with Gasteiger partial charge in [0.15, 0.2) is 0 Å². The molecule has 1 heterocycles. The Morgan fingerprint density at radius 2 is 2.05 bits per heavy atom. The molecule has 0 aromatic heterocycles. The molecule has 2 amide bonds. The average molecular weight is 298 g/mol. The lowest BCUT2D eigenvalue weighted by molar-refractivity contribution is -0.149. The highest BCUT2D eigenvalue weighted by Crippen LogP contribution is 2.23. The van der Waals surface area contributed by atoms with Gasteiger partial charge >= 0.3 is 18.2 Å². The molecule has 116 valence electrons. The second-order valence-electron chi connectivity index (χ2n) is 4.88. The summed E-state index contributed by atoms with van der Waals surface area (Å²) >= 11 is 0. The van der Waals surface area contributed by atoms with Crippen LogP contribution in [0.1, 0.15) is 13.3 Å². The smallest absolute Gasteiger partial charge is 0.406 e. The van der Waals surface area contributed by atoms with Crippen molar-refractivity contribution in [2.75, 3.05) is 26.2 Å². The standard InChI is InChI=1S/C11H17F3N2O4/c1-7(17)8-2-3-15(4-8)10(20)16(5-9(18)19)6-11(12,13)14/h7-8,17H,2-6H2,1H3,(H,18,19). The number of halogens is 3. The van der Waals surface area contributed by atoms with E-state index >= 15 is 0 Å². The topological polar surface area (TPSA) is 81.1 Å². The van der Waals surface area contributed by atoms with E-state index in [9.17, 15) is 27.9 Å². The first kappa shape index (κ1) is 16.5. The van der Waals surface area contributed by atoms with Gasteiger partial charge in [-0.3, -0.25) is 4.79 Å². The van der Waals surface area contributed by atoms with Crippen molar-refractivity contribution in [2.24, 2.45) is 5.92 Å². The molecule has 1 rings (SSSR count). The largest absolute Gasteiger partial charge is 0.480 e. The molecule has 6 nitrogen and oxygen atoms in total. The van der Waals surface area contributed by atoms with Crippen molar-refractivity contribution in [3.05, 3.63) is 0 Å². The fourth-order valence-electron chi connectivity index (χ4n) is 2.13. The summed E-state index contributed by atoms with van der Waals surface area (Å²) in [6, 6.07) is -0.965. The van der Waals surface area contributed by atoms with Crippen molar-refractivity contribution in [1.82, 2.24) is 9.80 Å². The van der Waals surface area contributed by atoms with Gasteiger partial charge < -0.3 is 20.0 Å². The van der Waals surface area contributed by atoms with Gasteiger partial charge in [0.2, 0.25) is 0 Å². The van der Waals surface area contributed by atoms with Gasteiger partial charge in [0.05, 0.1) is 6.10 Å². The van der Waals surface area contributed by atoms with E-state index in [4.69, 9.17) is 5.11 Å². The lowest BCUT2D eigenvalue weighted by Crippen LogP contribution is -2.48. The minimum Gasteiger partial charge on any atom is -0.480 e. The van der Waals surface area contributed by atoms with Crippen molar-refractivity contribution in [3.63, 3.8) is 0 Å². The third-order valence-electron chi connectivity index (χ3n) is 3.14. The third-order valence-corrected chi connectivity index (χ3v) is 3.14. The van der Waals surface area contributed by atoms with Crippen molar-refractivity contribution < 1.29 is 33.0 Å². The SMILES string of the molecule is CC(O)C1CCN(C(=O)N(CC(=O)O)CC(F)(F)F)C1. The van der Waals surface area contributed by atoms with Gasteiger partial charge in [-0.1, -0.05) is 0 Å². The van der Waals surface area contributed by atoms with Crippen LogP contribution in [0.3, 0.4) is 0 Å². The molecule has 1 saturated heterocycles. The normalized spacial score (nSPS) is 20.9. The van der Waals surface area contributed by atoms with Crippen LogP contribution in [-0.4, -0.2) is 70.5 Å². The molecule has 0 spiro atoms. The summed E-state index contributed by atoms with van der Waals surface area (Å²) < 4.78 is 37.1.